The molecule has 0 amide bonds. The Kier molecular flexibility index (Phi) is 4.20. The first-order valence-corrected chi connectivity index (χ1v) is 8.41. The number of hydrogen-bond acceptors (Lipinski definition) is 4. The molecule has 1 N–H and O–H groups in total. The highest BCUT2D eigenvalue weighted by Crippen LogP contribution is 2.38. The molecule has 4 heteroatoms. The zero-order valence-electron chi connectivity index (χ0n) is 11.6. The van der Waals surface area contributed by atoms with Gasteiger partial charge < -0.3 is 14.5 Å². The van der Waals surface area contributed by atoms with Crippen LogP contribution < -0.4 is 5.32 Å². The fourth-order valence-electron chi connectivity index (χ4n) is 3.23. The maximum Gasteiger partial charge on any atom is 0.105 e. The highest BCUT2D eigenvalue weighted by Gasteiger charge is 2.40. The first kappa shape index (κ1) is 13.5. The van der Waals surface area contributed by atoms with Gasteiger partial charge in [0.15, 0.2) is 0 Å². The van der Waals surface area contributed by atoms with Gasteiger partial charge in [-0.25, -0.2) is 0 Å². The van der Waals surface area contributed by atoms with Crippen LogP contribution in [0.2, 0.25) is 0 Å². The highest BCUT2D eigenvalue weighted by atomic mass is 32.2. The average Bonchev–Trinajstić information content (AvgIpc) is 3.02. The molecule has 0 saturated carbocycles. The van der Waals surface area contributed by atoms with E-state index in [0.717, 1.165) is 25.2 Å². The van der Waals surface area contributed by atoms with Gasteiger partial charge in [0, 0.05) is 30.9 Å². The third-order valence-electron chi connectivity index (χ3n) is 4.17. The van der Waals surface area contributed by atoms with Crippen LogP contribution in [-0.2, 0) is 11.2 Å². The molecule has 0 radical (unpaired) electrons. The summed E-state index contributed by atoms with van der Waals surface area (Å²) in [6, 6.07) is 5.07. The van der Waals surface area contributed by atoms with E-state index < -0.39 is 0 Å². The van der Waals surface area contributed by atoms with Crippen LogP contribution in [0.25, 0.3) is 0 Å². The van der Waals surface area contributed by atoms with Gasteiger partial charge in [-0.15, -0.1) is 0 Å². The lowest BCUT2D eigenvalue weighted by atomic mass is 9.89. The fraction of sp³-hybridized carbons (Fsp3) is 0.733. The Morgan fingerprint density at radius 2 is 2.53 bits per heavy atom. The highest BCUT2D eigenvalue weighted by molar-refractivity contribution is 7.99. The SMILES string of the molecule is CC(Cc1ccco1)NC1CCOC2(CCSC2)C1. The second kappa shape index (κ2) is 5.90. The quantitative estimate of drug-likeness (QED) is 0.920. The molecule has 3 nitrogen and oxygen atoms in total. The lowest BCUT2D eigenvalue weighted by Crippen LogP contribution is -2.49. The third kappa shape index (κ3) is 3.36. The van der Waals surface area contributed by atoms with Gasteiger partial charge in [0.05, 0.1) is 11.9 Å². The van der Waals surface area contributed by atoms with Crippen molar-refractivity contribution in [3.05, 3.63) is 24.2 Å². The van der Waals surface area contributed by atoms with E-state index >= 15 is 0 Å². The van der Waals surface area contributed by atoms with Crippen molar-refractivity contribution in [2.24, 2.45) is 0 Å². The Bertz CT molecular complexity index is 387. The maximum atomic E-state index is 6.06. The number of nitrogens with one attached hydrogen (secondary N) is 1. The second-order valence-corrected chi connectivity index (χ2v) is 6.98. The molecular formula is C15H23NO2S. The summed E-state index contributed by atoms with van der Waals surface area (Å²) in [7, 11) is 0. The van der Waals surface area contributed by atoms with Gasteiger partial charge in [-0.2, -0.15) is 11.8 Å². The number of rotatable bonds is 4. The predicted molar refractivity (Wildman–Crippen MR) is 78.7 cm³/mol. The fourth-order valence-corrected chi connectivity index (χ4v) is 4.60. The number of furan rings is 1. The minimum absolute atomic E-state index is 0.172. The van der Waals surface area contributed by atoms with Gasteiger partial charge in [0.1, 0.15) is 5.76 Å². The van der Waals surface area contributed by atoms with E-state index in [1.807, 2.05) is 17.8 Å². The molecule has 2 fully saturated rings. The summed E-state index contributed by atoms with van der Waals surface area (Å²) in [5.74, 6) is 3.50. The van der Waals surface area contributed by atoms with Crippen LogP contribution in [0.4, 0.5) is 0 Å². The summed E-state index contributed by atoms with van der Waals surface area (Å²) >= 11 is 2.04. The monoisotopic (exact) mass is 281 g/mol. The van der Waals surface area contributed by atoms with E-state index in [1.54, 1.807) is 6.26 Å². The summed E-state index contributed by atoms with van der Waals surface area (Å²) in [5, 5.41) is 3.76. The first-order valence-electron chi connectivity index (χ1n) is 7.26. The Balaban J connectivity index is 1.51. The van der Waals surface area contributed by atoms with E-state index in [0.29, 0.717) is 12.1 Å². The van der Waals surface area contributed by atoms with Crippen molar-refractivity contribution in [1.82, 2.24) is 5.32 Å². The Morgan fingerprint density at radius 1 is 1.58 bits per heavy atom. The van der Waals surface area contributed by atoms with Gasteiger partial charge >= 0.3 is 0 Å². The van der Waals surface area contributed by atoms with E-state index in [9.17, 15) is 0 Å². The topological polar surface area (TPSA) is 34.4 Å². The van der Waals surface area contributed by atoms with Crippen molar-refractivity contribution in [2.45, 2.75) is 50.3 Å². The molecule has 3 heterocycles. The number of ether oxygens (including phenoxy) is 1. The van der Waals surface area contributed by atoms with Crippen LogP contribution in [0, 0.1) is 0 Å². The van der Waals surface area contributed by atoms with Crippen LogP contribution in [0.5, 0.6) is 0 Å². The second-order valence-electron chi connectivity index (χ2n) is 5.87. The summed E-state index contributed by atoms with van der Waals surface area (Å²) in [6.07, 6.45) is 6.24. The molecule has 2 saturated heterocycles. The van der Waals surface area contributed by atoms with Crippen molar-refractivity contribution in [3.8, 4) is 0 Å². The van der Waals surface area contributed by atoms with E-state index in [2.05, 4.69) is 18.3 Å². The summed E-state index contributed by atoms with van der Waals surface area (Å²) in [4.78, 5) is 0. The van der Waals surface area contributed by atoms with Crippen molar-refractivity contribution < 1.29 is 9.15 Å². The van der Waals surface area contributed by atoms with Gasteiger partial charge in [0.25, 0.3) is 0 Å². The Labute approximate surface area is 119 Å². The molecule has 1 spiro atoms. The van der Waals surface area contributed by atoms with Crippen LogP contribution in [0.15, 0.2) is 22.8 Å². The lowest BCUT2D eigenvalue weighted by Gasteiger charge is -2.39. The molecule has 2 aliphatic heterocycles. The molecular weight excluding hydrogens is 258 g/mol. The molecule has 1 aromatic heterocycles. The minimum Gasteiger partial charge on any atom is -0.469 e. The number of hydrogen-bond donors (Lipinski definition) is 1. The van der Waals surface area contributed by atoms with Gasteiger partial charge in [-0.3, -0.25) is 0 Å². The van der Waals surface area contributed by atoms with Crippen LogP contribution in [-0.4, -0.2) is 35.8 Å². The zero-order chi connectivity index (χ0) is 13.1. The third-order valence-corrected chi connectivity index (χ3v) is 5.39. The standard InChI is InChI=1S/C15H23NO2S/c1-12(9-14-3-2-6-17-14)16-13-4-7-18-15(10-13)5-8-19-11-15/h2-3,6,12-13,16H,4-5,7-11H2,1H3. The first-order chi connectivity index (χ1) is 9.26. The van der Waals surface area contributed by atoms with Gasteiger partial charge in [-0.05, 0) is 44.1 Å². The lowest BCUT2D eigenvalue weighted by molar-refractivity contribution is -0.0711. The number of thioether (sulfide) groups is 1. The molecule has 19 heavy (non-hydrogen) atoms. The summed E-state index contributed by atoms with van der Waals surface area (Å²) in [5.41, 5.74) is 0.172. The van der Waals surface area contributed by atoms with E-state index in [-0.39, 0.29) is 5.60 Å². The van der Waals surface area contributed by atoms with Crippen molar-refractivity contribution >= 4 is 11.8 Å². The smallest absolute Gasteiger partial charge is 0.105 e. The normalized spacial score (nSPS) is 32.8. The van der Waals surface area contributed by atoms with E-state index in [1.165, 1.54) is 24.3 Å². The molecule has 3 unspecified atom stereocenters. The van der Waals surface area contributed by atoms with Crippen molar-refractivity contribution in [3.63, 3.8) is 0 Å². The Morgan fingerprint density at radius 3 is 3.26 bits per heavy atom. The van der Waals surface area contributed by atoms with Crippen molar-refractivity contribution in [1.29, 1.82) is 0 Å². The molecule has 1 aromatic rings. The summed E-state index contributed by atoms with van der Waals surface area (Å²) < 4.78 is 11.5. The van der Waals surface area contributed by atoms with Crippen LogP contribution in [0.1, 0.15) is 31.9 Å². The minimum atomic E-state index is 0.172. The molecule has 0 bridgehead atoms. The van der Waals surface area contributed by atoms with Crippen LogP contribution >= 0.6 is 11.8 Å². The van der Waals surface area contributed by atoms with Gasteiger partial charge in [-0.1, -0.05) is 0 Å². The molecule has 3 atom stereocenters. The summed E-state index contributed by atoms with van der Waals surface area (Å²) in [6.45, 7) is 3.15. The molecule has 0 aliphatic carbocycles. The molecule has 3 rings (SSSR count). The Hall–Kier alpha value is -0.450. The van der Waals surface area contributed by atoms with Crippen LogP contribution in [0.3, 0.4) is 0 Å². The van der Waals surface area contributed by atoms with Gasteiger partial charge in [0.2, 0.25) is 0 Å². The van der Waals surface area contributed by atoms with Crippen molar-refractivity contribution in [2.75, 3.05) is 18.1 Å². The largest absolute Gasteiger partial charge is 0.469 e. The average molecular weight is 281 g/mol. The molecule has 2 aliphatic rings. The predicted octanol–water partition coefficient (Wildman–Crippen LogP) is 2.85. The molecule has 106 valence electrons. The maximum absolute atomic E-state index is 6.06. The zero-order valence-corrected chi connectivity index (χ0v) is 12.4. The van der Waals surface area contributed by atoms with E-state index in [4.69, 9.17) is 9.15 Å². The molecule has 0 aromatic carbocycles.